The van der Waals surface area contributed by atoms with Crippen LogP contribution in [0.1, 0.15) is 44.9 Å². The second kappa shape index (κ2) is 5.71. The maximum Gasteiger partial charge on any atom is 0.317 e. The molecule has 0 aromatic rings. The molecule has 0 bridgehead atoms. The molecule has 98 valence electrons. The minimum Gasteiger partial charge on any atom is -0.393 e. The molecule has 2 aliphatic carbocycles. The molecule has 0 unspecified atom stereocenters. The molecule has 0 spiro atoms. The highest BCUT2D eigenvalue weighted by atomic mass is 16.3. The molecular weight excluding hydrogens is 216 g/mol. The van der Waals surface area contributed by atoms with Crippen molar-refractivity contribution in [3.8, 4) is 0 Å². The third kappa shape index (κ3) is 3.60. The maximum atomic E-state index is 11.9. The second-order valence-corrected chi connectivity index (χ2v) is 5.63. The summed E-state index contributed by atoms with van der Waals surface area (Å²) in [6.07, 6.45) is 7.15. The summed E-state index contributed by atoms with van der Waals surface area (Å²) in [7, 11) is 1.88. The van der Waals surface area contributed by atoms with E-state index in [0.717, 1.165) is 38.1 Å². The Hall–Kier alpha value is -0.770. The highest BCUT2D eigenvalue weighted by Crippen LogP contribution is 2.26. The van der Waals surface area contributed by atoms with Gasteiger partial charge in [-0.15, -0.1) is 0 Å². The van der Waals surface area contributed by atoms with Gasteiger partial charge in [-0.05, 0) is 44.4 Å². The van der Waals surface area contributed by atoms with Crippen molar-refractivity contribution in [2.24, 2.45) is 5.92 Å². The van der Waals surface area contributed by atoms with E-state index in [1.54, 1.807) is 0 Å². The molecule has 2 amide bonds. The van der Waals surface area contributed by atoms with Gasteiger partial charge in [-0.3, -0.25) is 0 Å². The van der Waals surface area contributed by atoms with Gasteiger partial charge in [0, 0.05) is 19.6 Å². The van der Waals surface area contributed by atoms with Crippen molar-refractivity contribution in [1.29, 1.82) is 0 Å². The van der Waals surface area contributed by atoms with Gasteiger partial charge in [0.25, 0.3) is 0 Å². The number of carbonyl (C=O) groups excluding carboxylic acids is 1. The molecule has 2 N–H and O–H groups in total. The van der Waals surface area contributed by atoms with Crippen molar-refractivity contribution in [3.05, 3.63) is 0 Å². The van der Waals surface area contributed by atoms with Gasteiger partial charge in [0.05, 0.1) is 6.10 Å². The van der Waals surface area contributed by atoms with E-state index in [-0.39, 0.29) is 18.2 Å². The number of carbonyl (C=O) groups is 1. The molecule has 2 saturated carbocycles. The van der Waals surface area contributed by atoms with E-state index in [1.807, 2.05) is 11.9 Å². The van der Waals surface area contributed by atoms with Crippen molar-refractivity contribution < 1.29 is 9.90 Å². The van der Waals surface area contributed by atoms with Crippen LogP contribution in [0.3, 0.4) is 0 Å². The lowest BCUT2D eigenvalue weighted by Crippen LogP contribution is -2.46. The van der Waals surface area contributed by atoms with Crippen molar-refractivity contribution in [3.63, 3.8) is 0 Å². The zero-order chi connectivity index (χ0) is 12.3. The van der Waals surface area contributed by atoms with Gasteiger partial charge < -0.3 is 15.3 Å². The van der Waals surface area contributed by atoms with Crippen LogP contribution in [-0.2, 0) is 0 Å². The van der Waals surface area contributed by atoms with E-state index >= 15 is 0 Å². The quantitative estimate of drug-likeness (QED) is 0.789. The van der Waals surface area contributed by atoms with Crippen LogP contribution in [0.15, 0.2) is 0 Å². The van der Waals surface area contributed by atoms with Crippen molar-refractivity contribution in [2.45, 2.75) is 57.1 Å². The van der Waals surface area contributed by atoms with Crippen LogP contribution in [0.25, 0.3) is 0 Å². The van der Waals surface area contributed by atoms with E-state index < -0.39 is 0 Å². The van der Waals surface area contributed by atoms with Gasteiger partial charge in [-0.1, -0.05) is 6.42 Å². The van der Waals surface area contributed by atoms with E-state index in [2.05, 4.69) is 5.32 Å². The second-order valence-electron chi connectivity index (χ2n) is 5.63. The fourth-order valence-corrected chi connectivity index (χ4v) is 2.65. The lowest BCUT2D eigenvalue weighted by Gasteiger charge is -2.32. The number of nitrogens with one attached hydrogen (secondary N) is 1. The fourth-order valence-electron chi connectivity index (χ4n) is 2.65. The Kier molecular flexibility index (Phi) is 4.26. The van der Waals surface area contributed by atoms with Crippen LogP contribution in [0.2, 0.25) is 0 Å². The highest BCUT2D eigenvalue weighted by Gasteiger charge is 2.24. The molecule has 0 aliphatic heterocycles. The molecule has 17 heavy (non-hydrogen) atoms. The zero-order valence-electron chi connectivity index (χ0n) is 10.7. The average molecular weight is 240 g/mol. The minimum absolute atomic E-state index is 0.0540. The Labute approximate surface area is 103 Å². The Morgan fingerprint density at radius 3 is 2.41 bits per heavy atom. The molecular formula is C13H24N2O2. The molecule has 0 atom stereocenters. The largest absolute Gasteiger partial charge is 0.393 e. The fraction of sp³-hybridized carbons (Fsp3) is 0.923. The Balaban J connectivity index is 1.68. The lowest BCUT2D eigenvalue weighted by atomic mass is 9.85. The molecule has 0 aromatic carbocycles. The number of urea groups is 1. The summed E-state index contributed by atoms with van der Waals surface area (Å²) in [6, 6.07) is 0.313. The van der Waals surface area contributed by atoms with E-state index in [0.29, 0.717) is 0 Å². The Bertz CT molecular complexity index is 258. The van der Waals surface area contributed by atoms with Gasteiger partial charge in [0.15, 0.2) is 0 Å². The number of amides is 2. The van der Waals surface area contributed by atoms with Crippen LogP contribution < -0.4 is 5.32 Å². The van der Waals surface area contributed by atoms with Crippen LogP contribution in [0, 0.1) is 5.92 Å². The lowest BCUT2D eigenvalue weighted by molar-refractivity contribution is 0.114. The third-order valence-corrected chi connectivity index (χ3v) is 4.13. The summed E-state index contributed by atoms with van der Waals surface area (Å²) in [4.78, 5) is 13.7. The van der Waals surface area contributed by atoms with Crippen LogP contribution in [-0.4, -0.2) is 41.8 Å². The number of hydrogen-bond acceptors (Lipinski definition) is 2. The highest BCUT2D eigenvalue weighted by molar-refractivity contribution is 5.74. The number of aliphatic hydroxyl groups is 1. The smallest absolute Gasteiger partial charge is 0.317 e. The first-order chi connectivity index (χ1) is 8.15. The molecule has 2 aliphatic rings. The van der Waals surface area contributed by atoms with Crippen molar-refractivity contribution >= 4 is 6.03 Å². The Morgan fingerprint density at radius 2 is 1.88 bits per heavy atom. The predicted octanol–water partition coefficient (Wildman–Crippen LogP) is 1.73. The number of aliphatic hydroxyl groups excluding tert-OH is 1. The van der Waals surface area contributed by atoms with Gasteiger partial charge in [0.2, 0.25) is 0 Å². The number of rotatable bonds is 3. The van der Waals surface area contributed by atoms with Crippen molar-refractivity contribution in [2.75, 3.05) is 13.6 Å². The SMILES string of the molecule is CN(CC1CCC1)C(=O)NC1CCC(O)CC1. The molecule has 0 saturated heterocycles. The first kappa shape index (κ1) is 12.7. The monoisotopic (exact) mass is 240 g/mol. The molecule has 4 nitrogen and oxygen atoms in total. The van der Waals surface area contributed by atoms with Gasteiger partial charge in [-0.25, -0.2) is 4.79 Å². The minimum atomic E-state index is -0.157. The predicted molar refractivity (Wildman–Crippen MR) is 66.8 cm³/mol. The molecule has 0 radical (unpaired) electrons. The summed E-state index contributed by atoms with van der Waals surface area (Å²) in [6.45, 7) is 0.890. The molecule has 2 fully saturated rings. The summed E-state index contributed by atoms with van der Waals surface area (Å²) in [5, 5.41) is 12.5. The topological polar surface area (TPSA) is 52.6 Å². The van der Waals surface area contributed by atoms with Crippen molar-refractivity contribution in [1.82, 2.24) is 10.2 Å². The summed E-state index contributed by atoms with van der Waals surface area (Å²) < 4.78 is 0. The van der Waals surface area contributed by atoms with Gasteiger partial charge >= 0.3 is 6.03 Å². The first-order valence-electron chi connectivity index (χ1n) is 6.85. The molecule has 2 rings (SSSR count). The Morgan fingerprint density at radius 1 is 1.24 bits per heavy atom. The third-order valence-electron chi connectivity index (χ3n) is 4.13. The van der Waals surface area contributed by atoms with Gasteiger partial charge in [-0.2, -0.15) is 0 Å². The molecule has 4 heteroatoms. The van der Waals surface area contributed by atoms with E-state index in [9.17, 15) is 9.90 Å². The average Bonchev–Trinajstić information content (AvgIpc) is 2.26. The summed E-state index contributed by atoms with van der Waals surface area (Å²) in [5.41, 5.74) is 0. The molecule has 0 heterocycles. The standard InChI is InChI=1S/C13H24N2O2/c1-15(9-10-3-2-4-10)13(17)14-11-5-7-12(16)8-6-11/h10-12,16H,2-9H2,1H3,(H,14,17). The first-order valence-corrected chi connectivity index (χ1v) is 6.85. The number of nitrogens with zero attached hydrogens (tertiary/aromatic N) is 1. The maximum absolute atomic E-state index is 11.9. The summed E-state index contributed by atoms with van der Waals surface area (Å²) in [5.74, 6) is 0.721. The normalized spacial score (nSPS) is 29.5. The molecule has 0 aromatic heterocycles. The van der Waals surface area contributed by atoms with Crippen LogP contribution >= 0.6 is 0 Å². The van der Waals surface area contributed by atoms with E-state index in [4.69, 9.17) is 0 Å². The summed E-state index contributed by atoms with van der Waals surface area (Å²) >= 11 is 0. The zero-order valence-corrected chi connectivity index (χ0v) is 10.7. The van der Waals surface area contributed by atoms with Gasteiger partial charge in [0.1, 0.15) is 0 Å². The van der Waals surface area contributed by atoms with Crippen LogP contribution in [0.4, 0.5) is 4.79 Å². The van der Waals surface area contributed by atoms with Crippen LogP contribution in [0.5, 0.6) is 0 Å². The van der Waals surface area contributed by atoms with E-state index in [1.165, 1.54) is 19.3 Å². The number of hydrogen-bond donors (Lipinski definition) is 2.